The van der Waals surface area contributed by atoms with Crippen molar-refractivity contribution in [2.75, 3.05) is 19.8 Å². The van der Waals surface area contributed by atoms with Crippen molar-refractivity contribution >= 4 is 11.8 Å². The van der Waals surface area contributed by atoms with Crippen LogP contribution < -0.4 is 5.32 Å². The Bertz CT molecular complexity index is 974. The topological polar surface area (TPSA) is 71.5 Å². The number of halogens is 1. The molecular formula is C25H30FN3O3. The SMILES string of the molecule is CC(=O)NCc1cc([C@H]2CCCN2C(=O)C2(Cc3ccccc3F)CCOCC2)ccn1. The van der Waals surface area contributed by atoms with Crippen LogP contribution in [0.3, 0.4) is 0 Å². The van der Waals surface area contributed by atoms with E-state index in [2.05, 4.69) is 10.3 Å². The molecule has 0 bridgehead atoms. The molecule has 2 saturated heterocycles. The van der Waals surface area contributed by atoms with E-state index in [9.17, 15) is 14.0 Å². The molecule has 2 fully saturated rings. The van der Waals surface area contributed by atoms with Gasteiger partial charge < -0.3 is 15.0 Å². The van der Waals surface area contributed by atoms with Crippen LogP contribution in [0, 0.1) is 11.2 Å². The molecule has 3 heterocycles. The van der Waals surface area contributed by atoms with Crippen LogP contribution in [0.4, 0.5) is 4.39 Å². The van der Waals surface area contributed by atoms with Crippen LogP contribution >= 0.6 is 0 Å². The molecule has 170 valence electrons. The highest BCUT2D eigenvalue weighted by Crippen LogP contribution is 2.42. The van der Waals surface area contributed by atoms with Crippen molar-refractivity contribution < 1.29 is 18.7 Å². The van der Waals surface area contributed by atoms with Gasteiger partial charge in [0.25, 0.3) is 0 Å². The molecule has 0 spiro atoms. The number of carbonyl (C=O) groups excluding carboxylic acids is 2. The van der Waals surface area contributed by atoms with Gasteiger partial charge >= 0.3 is 0 Å². The second-order valence-corrected chi connectivity index (χ2v) is 8.81. The fraction of sp³-hybridized carbons (Fsp3) is 0.480. The largest absolute Gasteiger partial charge is 0.381 e. The number of hydrogen-bond donors (Lipinski definition) is 1. The Morgan fingerprint density at radius 2 is 2.03 bits per heavy atom. The second kappa shape index (κ2) is 9.77. The molecule has 2 amide bonds. The summed E-state index contributed by atoms with van der Waals surface area (Å²) in [6.45, 7) is 3.54. The van der Waals surface area contributed by atoms with Crippen molar-refractivity contribution in [3.8, 4) is 0 Å². The first-order chi connectivity index (χ1) is 15.5. The fourth-order valence-electron chi connectivity index (χ4n) is 4.91. The molecule has 1 atom stereocenters. The maximum absolute atomic E-state index is 14.5. The minimum Gasteiger partial charge on any atom is -0.381 e. The summed E-state index contributed by atoms with van der Waals surface area (Å²) in [5, 5.41) is 2.77. The zero-order valence-corrected chi connectivity index (χ0v) is 18.5. The van der Waals surface area contributed by atoms with E-state index >= 15 is 0 Å². The summed E-state index contributed by atoms with van der Waals surface area (Å²) in [5.41, 5.74) is 1.72. The van der Waals surface area contributed by atoms with Gasteiger partial charge in [-0.15, -0.1) is 0 Å². The minimum atomic E-state index is -0.658. The summed E-state index contributed by atoms with van der Waals surface area (Å²) in [6.07, 6.45) is 5.10. The number of nitrogens with one attached hydrogen (secondary N) is 1. The quantitative estimate of drug-likeness (QED) is 0.747. The summed E-state index contributed by atoms with van der Waals surface area (Å²) in [4.78, 5) is 31.6. The second-order valence-electron chi connectivity index (χ2n) is 8.81. The molecule has 4 rings (SSSR count). The zero-order chi connectivity index (χ0) is 22.6. The number of benzene rings is 1. The van der Waals surface area contributed by atoms with Gasteiger partial charge in [-0.1, -0.05) is 18.2 Å². The van der Waals surface area contributed by atoms with E-state index in [1.807, 2.05) is 23.1 Å². The van der Waals surface area contributed by atoms with E-state index in [1.54, 1.807) is 18.3 Å². The highest BCUT2D eigenvalue weighted by Gasteiger charge is 2.45. The number of carbonyl (C=O) groups is 2. The Morgan fingerprint density at radius 1 is 1.25 bits per heavy atom. The van der Waals surface area contributed by atoms with Crippen LogP contribution in [-0.2, 0) is 27.3 Å². The Morgan fingerprint density at radius 3 is 2.78 bits per heavy atom. The molecule has 0 aliphatic carbocycles. The van der Waals surface area contributed by atoms with Gasteiger partial charge in [-0.3, -0.25) is 14.6 Å². The van der Waals surface area contributed by atoms with Crippen LogP contribution in [0.1, 0.15) is 55.5 Å². The number of likely N-dealkylation sites (tertiary alicyclic amines) is 1. The van der Waals surface area contributed by atoms with Crippen molar-refractivity contribution in [2.45, 2.75) is 51.6 Å². The van der Waals surface area contributed by atoms with Crippen LogP contribution in [0.25, 0.3) is 0 Å². The number of pyridine rings is 1. The van der Waals surface area contributed by atoms with Crippen molar-refractivity contribution in [1.82, 2.24) is 15.2 Å². The van der Waals surface area contributed by atoms with E-state index in [0.717, 1.165) is 24.1 Å². The summed E-state index contributed by atoms with van der Waals surface area (Å²) in [7, 11) is 0. The molecule has 7 heteroatoms. The Labute approximate surface area is 188 Å². The van der Waals surface area contributed by atoms with Crippen LogP contribution in [0.5, 0.6) is 0 Å². The number of amides is 2. The van der Waals surface area contributed by atoms with Crippen LogP contribution in [0.2, 0.25) is 0 Å². The highest BCUT2D eigenvalue weighted by molar-refractivity contribution is 5.84. The van der Waals surface area contributed by atoms with Crippen LogP contribution in [-0.4, -0.2) is 41.5 Å². The molecule has 2 aromatic rings. The first kappa shape index (κ1) is 22.4. The summed E-state index contributed by atoms with van der Waals surface area (Å²) in [5.74, 6) is -0.280. The third kappa shape index (κ3) is 4.83. The molecule has 0 saturated carbocycles. The summed E-state index contributed by atoms with van der Waals surface area (Å²) in [6, 6.07) is 10.6. The predicted molar refractivity (Wildman–Crippen MR) is 118 cm³/mol. The van der Waals surface area contributed by atoms with Crippen molar-refractivity contribution in [3.05, 3.63) is 65.2 Å². The average molecular weight is 440 g/mol. The normalized spacial score (nSPS) is 20.2. The maximum atomic E-state index is 14.5. The predicted octanol–water partition coefficient (Wildman–Crippen LogP) is 3.56. The molecular weight excluding hydrogens is 409 g/mol. The molecule has 6 nitrogen and oxygen atoms in total. The molecule has 0 radical (unpaired) electrons. The van der Waals surface area contributed by atoms with E-state index in [0.29, 0.717) is 51.1 Å². The molecule has 32 heavy (non-hydrogen) atoms. The molecule has 1 aromatic heterocycles. The lowest BCUT2D eigenvalue weighted by molar-refractivity contribution is -0.149. The maximum Gasteiger partial charge on any atom is 0.229 e. The van der Waals surface area contributed by atoms with Crippen LogP contribution in [0.15, 0.2) is 42.6 Å². The van der Waals surface area contributed by atoms with Gasteiger partial charge in [0.1, 0.15) is 5.82 Å². The van der Waals surface area contributed by atoms with E-state index in [1.165, 1.54) is 13.0 Å². The van der Waals surface area contributed by atoms with Gasteiger partial charge in [0.2, 0.25) is 11.8 Å². The molecule has 1 aromatic carbocycles. The smallest absolute Gasteiger partial charge is 0.229 e. The minimum absolute atomic E-state index is 0.0399. The highest BCUT2D eigenvalue weighted by atomic mass is 19.1. The average Bonchev–Trinajstić information content (AvgIpc) is 3.29. The lowest BCUT2D eigenvalue weighted by Gasteiger charge is -2.40. The number of nitrogens with zero attached hydrogens (tertiary/aromatic N) is 2. The lowest BCUT2D eigenvalue weighted by atomic mass is 9.73. The molecule has 2 aliphatic heterocycles. The van der Waals surface area contributed by atoms with Crippen molar-refractivity contribution in [2.24, 2.45) is 5.41 Å². The monoisotopic (exact) mass is 439 g/mol. The van der Waals surface area contributed by atoms with E-state index < -0.39 is 5.41 Å². The Balaban J connectivity index is 1.59. The first-order valence-corrected chi connectivity index (χ1v) is 11.3. The number of ether oxygens (including phenoxy) is 1. The number of rotatable bonds is 6. The van der Waals surface area contributed by atoms with E-state index in [-0.39, 0.29) is 23.7 Å². The third-order valence-corrected chi connectivity index (χ3v) is 6.65. The van der Waals surface area contributed by atoms with Gasteiger partial charge in [0.15, 0.2) is 0 Å². The Kier molecular flexibility index (Phi) is 6.84. The Hall–Kier alpha value is -2.80. The van der Waals surface area contributed by atoms with Gasteiger partial charge in [-0.25, -0.2) is 4.39 Å². The number of aromatic nitrogens is 1. The molecule has 2 aliphatic rings. The summed E-state index contributed by atoms with van der Waals surface area (Å²) >= 11 is 0. The van der Waals surface area contributed by atoms with Gasteiger partial charge in [-0.05, 0) is 61.4 Å². The van der Waals surface area contributed by atoms with Crippen molar-refractivity contribution in [3.63, 3.8) is 0 Å². The van der Waals surface area contributed by atoms with Gasteiger partial charge in [0, 0.05) is 32.9 Å². The molecule has 1 N–H and O–H groups in total. The zero-order valence-electron chi connectivity index (χ0n) is 18.5. The third-order valence-electron chi connectivity index (χ3n) is 6.65. The van der Waals surface area contributed by atoms with Gasteiger partial charge in [-0.2, -0.15) is 0 Å². The number of hydrogen-bond acceptors (Lipinski definition) is 4. The van der Waals surface area contributed by atoms with Gasteiger partial charge in [0.05, 0.1) is 23.7 Å². The van der Waals surface area contributed by atoms with Crippen molar-refractivity contribution in [1.29, 1.82) is 0 Å². The lowest BCUT2D eigenvalue weighted by Crippen LogP contribution is -2.48. The van der Waals surface area contributed by atoms with E-state index in [4.69, 9.17) is 4.74 Å². The molecule has 0 unspecified atom stereocenters. The fourth-order valence-corrected chi connectivity index (χ4v) is 4.91. The summed E-state index contributed by atoms with van der Waals surface area (Å²) < 4.78 is 20.0. The standard InChI is InChI=1S/C25H30FN3O3/c1-18(30)28-17-21-15-19(8-11-27-21)23-7-4-12-29(23)24(31)25(9-13-32-14-10-25)16-20-5-2-3-6-22(20)26/h2-3,5-6,8,11,15,23H,4,7,9-10,12-14,16-17H2,1H3,(H,28,30)/t23-/m1/s1. The first-order valence-electron chi connectivity index (χ1n) is 11.3.